The van der Waals surface area contributed by atoms with Crippen molar-refractivity contribution in [1.29, 1.82) is 5.41 Å². The lowest BCUT2D eigenvalue weighted by molar-refractivity contribution is 0.448. The fraction of sp³-hybridized carbons (Fsp3) is 0.350. The number of hydrogen-bond donors (Lipinski definition) is 1. The SMILES string of the molecule is Cn1nccc1C1CCCC1Cc1ccc(/C=C/C(F)=N\C=N)cc1F. The Hall–Kier alpha value is -2.63. The number of aromatic nitrogens is 2. The van der Waals surface area contributed by atoms with Gasteiger partial charge in [0.15, 0.2) is 0 Å². The minimum atomic E-state index is -0.783. The van der Waals surface area contributed by atoms with Crippen molar-refractivity contribution in [2.24, 2.45) is 18.0 Å². The lowest BCUT2D eigenvalue weighted by Gasteiger charge is -2.20. The van der Waals surface area contributed by atoms with Crippen molar-refractivity contribution in [2.45, 2.75) is 31.6 Å². The van der Waals surface area contributed by atoms with Gasteiger partial charge >= 0.3 is 0 Å². The standard InChI is InChI=1S/C20H22F2N4/c1-26-19(9-10-25-26)17-4-2-3-15(17)12-16-7-5-14(11-18(16)21)6-8-20(22)24-13-23/h5-11,13,15,17,23H,2-4,12H2,1H3/b8-6+,23-13?,24-20+. The molecule has 1 N–H and O–H groups in total. The molecule has 2 aromatic rings. The molecule has 0 radical (unpaired) electrons. The highest BCUT2D eigenvalue weighted by atomic mass is 19.1. The molecule has 1 aliphatic rings. The summed E-state index contributed by atoms with van der Waals surface area (Å²) in [6, 6.07) is 7.02. The molecule has 0 aliphatic heterocycles. The fourth-order valence-electron chi connectivity index (χ4n) is 3.80. The number of allylic oxidation sites excluding steroid dienone is 1. The Morgan fingerprint density at radius 3 is 2.92 bits per heavy atom. The molecule has 3 rings (SSSR count). The Morgan fingerprint density at radius 1 is 1.38 bits per heavy atom. The number of halogens is 2. The molecule has 4 nitrogen and oxygen atoms in total. The number of nitrogens with one attached hydrogen (secondary N) is 1. The van der Waals surface area contributed by atoms with Crippen LogP contribution in [0.15, 0.2) is 41.5 Å². The van der Waals surface area contributed by atoms with Crippen LogP contribution in [0.3, 0.4) is 0 Å². The molecule has 1 saturated carbocycles. The molecule has 1 aromatic heterocycles. The van der Waals surface area contributed by atoms with Crippen LogP contribution in [0.5, 0.6) is 0 Å². The second-order valence-corrected chi connectivity index (χ2v) is 6.65. The van der Waals surface area contributed by atoms with Gasteiger partial charge in [0, 0.05) is 24.9 Å². The van der Waals surface area contributed by atoms with Crippen molar-refractivity contribution in [2.75, 3.05) is 0 Å². The van der Waals surface area contributed by atoms with Crippen molar-refractivity contribution in [1.82, 2.24) is 9.78 Å². The van der Waals surface area contributed by atoms with E-state index in [1.54, 1.807) is 12.1 Å². The normalized spacial score (nSPS) is 20.8. The van der Waals surface area contributed by atoms with Gasteiger partial charge in [-0.2, -0.15) is 9.49 Å². The predicted octanol–water partition coefficient (Wildman–Crippen LogP) is 4.67. The van der Waals surface area contributed by atoms with E-state index in [9.17, 15) is 8.78 Å². The quantitative estimate of drug-likeness (QED) is 0.593. The van der Waals surface area contributed by atoms with Crippen LogP contribution in [0.4, 0.5) is 8.78 Å². The predicted molar refractivity (Wildman–Crippen MR) is 99.8 cm³/mol. The summed E-state index contributed by atoms with van der Waals surface area (Å²) < 4.78 is 29.6. The van der Waals surface area contributed by atoms with Crippen molar-refractivity contribution in [3.63, 3.8) is 0 Å². The Kier molecular flexibility index (Phi) is 5.71. The molecule has 1 aliphatic carbocycles. The molecule has 136 valence electrons. The smallest absolute Gasteiger partial charge is 0.214 e. The molecule has 6 heteroatoms. The molecule has 2 atom stereocenters. The second kappa shape index (κ2) is 8.17. The highest BCUT2D eigenvalue weighted by Crippen LogP contribution is 2.41. The fourth-order valence-corrected chi connectivity index (χ4v) is 3.80. The Labute approximate surface area is 151 Å². The van der Waals surface area contributed by atoms with E-state index < -0.39 is 5.97 Å². The summed E-state index contributed by atoms with van der Waals surface area (Å²) in [7, 11) is 1.95. The minimum Gasteiger partial charge on any atom is -0.289 e. The maximum absolute atomic E-state index is 14.5. The highest BCUT2D eigenvalue weighted by Gasteiger charge is 2.31. The van der Waals surface area contributed by atoms with Gasteiger partial charge in [-0.1, -0.05) is 24.6 Å². The zero-order valence-corrected chi connectivity index (χ0v) is 14.7. The lowest BCUT2D eigenvalue weighted by atomic mass is 9.87. The Bertz CT molecular complexity index is 838. The van der Waals surface area contributed by atoms with E-state index in [0.717, 1.165) is 25.3 Å². The number of rotatable bonds is 6. The molecular formula is C20H22F2N4. The summed E-state index contributed by atoms with van der Waals surface area (Å²) >= 11 is 0. The summed E-state index contributed by atoms with van der Waals surface area (Å²) in [6.07, 6.45) is 9.04. The minimum absolute atomic E-state index is 0.271. The third-order valence-corrected chi connectivity index (χ3v) is 5.06. The summed E-state index contributed by atoms with van der Waals surface area (Å²) in [5.74, 6) is -0.243. The van der Waals surface area contributed by atoms with Crippen LogP contribution in [-0.4, -0.2) is 22.1 Å². The summed E-state index contributed by atoms with van der Waals surface area (Å²) in [6.45, 7) is 0. The van der Waals surface area contributed by atoms with Crippen LogP contribution >= 0.6 is 0 Å². The summed E-state index contributed by atoms with van der Waals surface area (Å²) in [5, 5.41) is 11.0. The van der Waals surface area contributed by atoms with E-state index in [4.69, 9.17) is 5.41 Å². The molecule has 0 spiro atoms. The zero-order valence-electron chi connectivity index (χ0n) is 14.7. The highest BCUT2D eigenvalue weighted by molar-refractivity contribution is 5.94. The van der Waals surface area contributed by atoms with E-state index in [0.29, 0.717) is 35.7 Å². The zero-order chi connectivity index (χ0) is 18.5. The first-order valence-electron chi connectivity index (χ1n) is 8.75. The van der Waals surface area contributed by atoms with E-state index in [1.807, 2.05) is 17.9 Å². The summed E-state index contributed by atoms with van der Waals surface area (Å²) in [4.78, 5) is 3.19. The van der Waals surface area contributed by atoms with E-state index in [-0.39, 0.29) is 5.82 Å². The van der Waals surface area contributed by atoms with E-state index in [2.05, 4.69) is 16.2 Å². The summed E-state index contributed by atoms with van der Waals surface area (Å²) in [5.41, 5.74) is 2.47. The van der Waals surface area contributed by atoms with Gasteiger partial charge in [-0.3, -0.25) is 10.1 Å². The molecule has 1 aromatic carbocycles. The van der Waals surface area contributed by atoms with Crippen LogP contribution in [0, 0.1) is 17.1 Å². The van der Waals surface area contributed by atoms with Crippen LogP contribution in [0.25, 0.3) is 6.08 Å². The largest absolute Gasteiger partial charge is 0.289 e. The van der Waals surface area contributed by atoms with Crippen LogP contribution in [-0.2, 0) is 13.5 Å². The van der Waals surface area contributed by atoms with Gasteiger partial charge in [0.1, 0.15) is 12.2 Å². The first-order chi connectivity index (χ1) is 12.6. The van der Waals surface area contributed by atoms with Crippen LogP contribution in [0.1, 0.15) is 42.0 Å². The van der Waals surface area contributed by atoms with Gasteiger partial charge in [0.2, 0.25) is 5.97 Å². The Morgan fingerprint density at radius 2 is 2.23 bits per heavy atom. The second-order valence-electron chi connectivity index (χ2n) is 6.65. The maximum atomic E-state index is 14.5. The average Bonchev–Trinajstić information content (AvgIpc) is 3.24. The molecule has 0 saturated heterocycles. The van der Waals surface area contributed by atoms with Gasteiger partial charge in [0.25, 0.3) is 0 Å². The van der Waals surface area contributed by atoms with Crippen molar-refractivity contribution >= 4 is 18.4 Å². The molecule has 1 fully saturated rings. The van der Waals surface area contributed by atoms with Crippen LogP contribution < -0.4 is 0 Å². The number of aryl methyl sites for hydroxylation is 1. The lowest BCUT2D eigenvalue weighted by Crippen LogP contribution is -2.13. The molecule has 0 bridgehead atoms. The van der Waals surface area contributed by atoms with Gasteiger partial charge in [-0.15, -0.1) is 0 Å². The molecular weight excluding hydrogens is 334 g/mol. The number of hydrogen-bond acceptors (Lipinski definition) is 2. The van der Waals surface area contributed by atoms with E-state index >= 15 is 0 Å². The maximum Gasteiger partial charge on any atom is 0.214 e. The van der Waals surface area contributed by atoms with Gasteiger partial charge < -0.3 is 0 Å². The van der Waals surface area contributed by atoms with Crippen LogP contribution in [0.2, 0.25) is 0 Å². The third-order valence-electron chi connectivity index (χ3n) is 5.06. The first-order valence-corrected chi connectivity index (χ1v) is 8.75. The van der Waals surface area contributed by atoms with Gasteiger partial charge in [0.05, 0.1) is 0 Å². The van der Waals surface area contributed by atoms with Crippen molar-refractivity contribution in [3.8, 4) is 0 Å². The monoisotopic (exact) mass is 356 g/mol. The molecule has 0 amide bonds. The van der Waals surface area contributed by atoms with Crippen molar-refractivity contribution in [3.05, 3.63) is 59.2 Å². The number of benzene rings is 1. The topological polar surface area (TPSA) is 54.0 Å². The molecule has 1 heterocycles. The van der Waals surface area contributed by atoms with Gasteiger partial charge in [-0.05, 0) is 54.5 Å². The number of nitrogens with zero attached hydrogens (tertiary/aromatic N) is 3. The third kappa shape index (κ3) is 4.12. The first kappa shape index (κ1) is 18.2. The number of aliphatic imine (C=N–C) groups is 1. The van der Waals surface area contributed by atoms with Crippen molar-refractivity contribution < 1.29 is 8.78 Å². The molecule has 26 heavy (non-hydrogen) atoms. The van der Waals surface area contributed by atoms with Gasteiger partial charge in [-0.25, -0.2) is 9.38 Å². The average molecular weight is 356 g/mol. The molecule has 2 unspecified atom stereocenters. The Balaban J connectivity index is 1.73. The van der Waals surface area contributed by atoms with E-state index in [1.165, 1.54) is 17.8 Å².